The number of unbranched alkanes of at least 4 members (excludes halogenated alkanes) is 2. The first-order valence-corrected chi connectivity index (χ1v) is 12.9. The Morgan fingerprint density at radius 3 is 2.47 bits per heavy atom. The summed E-state index contributed by atoms with van der Waals surface area (Å²) in [6.07, 6.45) is 8.16. The normalized spacial score (nSPS) is 23.5. The van der Waals surface area contributed by atoms with Crippen LogP contribution >= 0.6 is 0 Å². The molecule has 1 aromatic rings. The fraction of sp³-hybridized carbons (Fsp3) is 0.643. The van der Waals surface area contributed by atoms with Gasteiger partial charge in [-0.15, -0.1) is 0 Å². The highest BCUT2D eigenvalue weighted by molar-refractivity contribution is 5.99. The van der Waals surface area contributed by atoms with E-state index in [9.17, 15) is 14.7 Å². The van der Waals surface area contributed by atoms with Crippen LogP contribution in [0.15, 0.2) is 17.7 Å². The molecule has 186 valence electrons. The Morgan fingerprint density at radius 1 is 1.15 bits per heavy atom. The molecule has 6 heteroatoms. The minimum Gasteiger partial charge on any atom is -0.507 e. The quantitative estimate of drug-likeness (QED) is 0.485. The average molecular weight is 469 g/mol. The summed E-state index contributed by atoms with van der Waals surface area (Å²) in [5.74, 6) is 1.02. The number of amides is 2. The van der Waals surface area contributed by atoms with Gasteiger partial charge < -0.3 is 19.6 Å². The number of aryl methyl sites for hydroxylation is 1. The first kappa shape index (κ1) is 24.6. The third kappa shape index (κ3) is 4.56. The highest BCUT2D eigenvalue weighted by atomic mass is 16.5. The Labute approximate surface area is 204 Å². The molecular formula is C28H40N2O4. The first-order chi connectivity index (χ1) is 16.1. The number of carbonyl (C=O) groups is 2. The first-order valence-electron chi connectivity index (χ1n) is 12.9. The van der Waals surface area contributed by atoms with Gasteiger partial charge in [-0.25, -0.2) is 0 Å². The summed E-state index contributed by atoms with van der Waals surface area (Å²) in [6, 6.07) is 2.03. The molecule has 2 atom stereocenters. The van der Waals surface area contributed by atoms with Gasteiger partial charge in [0.05, 0.1) is 5.56 Å². The summed E-state index contributed by atoms with van der Waals surface area (Å²) < 4.78 is 6.51. The van der Waals surface area contributed by atoms with Gasteiger partial charge in [0.2, 0.25) is 5.91 Å². The van der Waals surface area contributed by atoms with E-state index in [4.69, 9.17) is 4.74 Å². The van der Waals surface area contributed by atoms with Crippen LogP contribution in [0.4, 0.5) is 0 Å². The number of hydrogen-bond donors (Lipinski definition) is 1. The van der Waals surface area contributed by atoms with Crippen molar-refractivity contribution in [1.29, 1.82) is 0 Å². The molecule has 1 N–H and O–H groups in total. The number of piperazine rings is 1. The van der Waals surface area contributed by atoms with E-state index in [-0.39, 0.29) is 35.0 Å². The molecule has 1 fully saturated rings. The Bertz CT molecular complexity index is 989. The average Bonchev–Trinajstić information content (AvgIpc) is 2.78. The molecule has 0 aromatic heterocycles. The zero-order valence-corrected chi connectivity index (χ0v) is 21.4. The molecule has 2 amide bonds. The van der Waals surface area contributed by atoms with Gasteiger partial charge in [-0.3, -0.25) is 9.59 Å². The maximum absolute atomic E-state index is 13.8. The van der Waals surface area contributed by atoms with Crippen molar-refractivity contribution in [2.24, 2.45) is 5.92 Å². The molecule has 34 heavy (non-hydrogen) atoms. The van der Waals surface area contributed by atoms with Crippen LogP contribution in [0.25, 0.3) is 0 Å². The molecule has 0 spiro atoms. The lowest BCUT2D eigenvalue weighted by molar-refractivity contribution is -0.130. The van der Waals surface area contributed by atoms with Crippen molar-refractivity contribution in [3.05, 3.63) is 34.4 Å². The molecule has 1 saturated heterocycles. The largest absolute Gasteiger partial charge is 0.507 e. The van der Waals surface area contributed by atoms with E-state index in [1.807, 2.05) is 6.07 Å². The van der Waals surface area contributed by atoms with Crippen molar-refractivity contribution in [1.82, 2.24) is 9.80 Å². The van der Waals surface area contributed by atoms with Crippen molar-refractivity contribution in [2.75, 3.05) is 26.2 Å². The topological polar surface area (TPSA) is 70.1 Å². The maximum Gasteiger partial charge on any atom is 0.258 e. The molecular weight excluding hydrogens is 428 g/mol. The monoisotopic (exact) mass is 468 g/mol. The molecule has 2 heterocycles. The minimum absolute atomic E-state index is 0.0363. The predicted octanol–water partition coefficient (Wildman–Crippen LogP) is 5.04. The number of rotatable bonds is 5. The fourth-order valence-corrected chi connectivity index (χ4v) is 5.99. The van der Waals surface area contributed by atoms with Gasteiger partial charge in [0.15, 0.2) is 0 Å². The SMILES string of the molecule is CCCCCc1cc2c(c(O)c1C(=O)N1CCN(C(C)=O)CC1)C1C=C(C)CC[C@H]1C(C)(C)O2. The van der Waals surface area contributed by atoms with Gasteiger partial charge >= 0.3 is 0 Å². The number of ether oxygens (including phenoxy) is 1. The molecule has 1 aromatic carbocycles. The van der Waals surface area contributed by atoms with Crippen molar-refractivity contribution in [2.45, 2.75) is 84.7 Å². The summed E-state index contributed by atoms with van der Waals surface area (Å²) in [5, 5.41) is 11.7. The van der Waals surface area contributed by atoms with E-state index < -0.39 is 0 Å². The van der Waals surface area contributed by atoms with E-state index in [1.54, 1.807) is 16.7 Å². The van der Waals surface area contributed by atoms with Gasteiger partial charge in [0.1, 0.15) is 17.1 Å². The van der Waals surface area contributed by atoms with Crippen LogP contribution < -0.4 is 4.74 Å². The maximum atomic E-state index is 13.8. The Morgan fingerprint density at radius 2 is 1.82 bits per heavy atom. The second-order valence-corrected chi connectivity index (χ2v) is 10.8. The van der Waals surface area contributed by atoms with E-state index in [0.717, 1.165) is 55.4 Å². The van der Waals surface area contributed by atoms with E-state index in [0.29, 0.717) is 31.7 Å². The van der Waals surface area contributed by atoms with Crippen LogP contribution in [0, 0.1) is 5.92 Å². The highest BCUT2D eigenvalue weighted by Crippen LogP contribution is 2.54. The van der Waals surface area contributed by atoms with Gasteiger partial charge in [0, 0.05) is 50.5 Å². The summed E-state index contributed by atoms with van der Waals surface area (Å²) in [4.78, 5) is 29.1. The summed E-state index contributed by atoms with van der Waals surface area (Å²) >= 11 is 0. The number of nitrogens with zero attached hydrogens (tertiary/aromatic N) is 2. The number of aromatic hydroxyl groups is 1. The predicted molar refractivity (Wildman–Crippen MR) is 133 cm³/mol. The smallest absolute Gasteiger partial charge is 0.258 e. The van der Waals surface area contributed by atoms with Crippen molar-refractivity contribution < 1.29 is 19.4 Å². The molecule has 6 nitrogen and oxygen atoms in total. The van der Waals surface area contributed by atoms with Crippen LogP contribution in [-0.4, -0.2) is 58.5 Å². The molecule has 1 unspecified atom stereocenters. The van der Waals surface area contributed by atoms with E-state index in [1.165, 1.54) is 5.57 Å². The fourth-order valence-electron chi connectivity index (χ4n) is 5.99. The van der Waals surface area contributed by atoms with Crippen LogP contribution in [0.2, 0.25) is 0 Å². The number of phenols is 1. The molecule has 0 radical (unpaired) electrons. The van der Waals surface area contributed by atoms with Crippen molar-refractivity contribution >= 4 is 11.8 Å². The molecule has 0 saturated carbocycles. The number of hydrogen-bond acceptors (Lipinski definition) is 4. The van der Waals surface area contributed by atoms with Crippen LogP contribution in [-0.2, 0) is 11.2 Å². The number of phenolic OH excluding ortho intramolecular Hbond substituents is 1. The third-order valence-corrected chi connectivity index (χ3v) is 8.01. The standard InChI is InChI=1S/C28H40N2O4/c1-6-7-8-9-20-17-23-25(21-16-18(2)10-11-22(21)28(4,5)34-23)26(32)24(20)27(33)30-14-12-29(13-15-30)19(3)31/h16-17,21-22,32H,6-15H2,1-5H3/t21?,22-/m1/s1. The third-order valence-electron chi connectivity index (χ3n) is 8.01. The highest BCUT2D eigenvalue weighted by Gasteiger charge is 2.46. The Balaban J connectivity index is 1.76. The van der Waals surface area contributed by atoms with Gasteiger partial charge in [-0.2, -0.15) is 0 Å². The molecule has 0 bridgehead atoms. The van der Waals surface area contributed by atoms with E-state index >= 15 is 0 Å². The zero-order chi connectivity index (χ0) is 24.6. The van der Waals surface area contributed by atoms with Gasteiger partial charge in [-0.05, 0) is 58.1 Å². The lowest BCUT2D eigenvalue weighted by Gasteiger charge is -2.47. The van der Waals surface area contributed by atoms with Gasteiger partial charge in [0.25, 0.3) is 5.91 Å². The second-order valence-electron chi connectivity index (χ2n) is 10.8. The summed E-state index contributed by atoms with van der Waals surface area (Å²) in [7, 11) is 0. The van der Waals surface area contributed by atoms with E-state index in [2.05, 4.69) is 33.8 Å². The van der Waals surface area contributed by atoms with Crippen LogP contribution in [0.5, 0.6) is 11.5 Å². The summed E-state index contributed by atoms with van der Waals surface area (Å²) in [5.41, 5.74) is 3.06. The summed E-state index contributed by atoms with van der Waals surface area (Å²) in [6.45, 7) is 12.2. The lowest BCUT2D eigenvalue weighted by atomic mass is 9.67. The number of carbonyl (C=O) groups excluding carboxylic acids is 2. The van der Waals surface area contributed by atoms with Crippen molar-refractivity contribution in [3.8, 4) is 11.5 Å². The van der Waals surface area contributed by atoms with Crippen molar-refractivity contribution in [3.63, 3.8) is 0 Å². The number of fused-ring (bicyclic) bond motifs is 3. The van der Waals surface area contributed by atoms with Crippen LogP contribution in [0.3, 0.4) is 0 Å². The van der Waals surface area contributed by atoms with Gasteiger partial charge in [-0.1, -0.05) is 31.4 Å². The second kappa shape index (κ2) is 9.63. The Hall–Kier alpha value is -2.50. The molecule has 1 aliphatic carbocycles. The molecule has 3 aliphatic rings. The number of benzene rings is 1. The molecule has 4 rings (SSSR count). The Kier molecular flexibility index (Phi) is 6.97. The molecule has 2 aliphatic heterocycles. The number of allylic oxidation sites excluding steroid dienone is 2. The minimum atomic E-state index is -0.337. The zero-order valence-electron chi connectivity index (χ0n) is 21.4. The lowest BCUT2D eigenvalue weighted by Crippen LogP contribution is -2.50. The van der Waals surface area contributed by atoms with Crippen LogP contribution in [0.1, 0.15) is 94.1 Å².